The van der Waals surface area contributed by atoms with Crippen molar-refractivity contribution in [3.05, 3.63) is 47.3 Å². The predicted octanol–water partition coefficient (Wildman–Crippen LogP) is 3.58. The highest BCUT2D eigenvalue weighted by Gasteiger charge is 2.25. The van der Waals surface area contributed by atoms with Crippen LogP contribution < -0.4 is 0 Å². The van der Waals surface area contributed by atoms with Gasteiger partial charge in [0.1, 0.15) is 0 Å². The van der Waals surface area contributed by atoms with Gasteiger partial charge in [0.25, 0.3) is 5.91 Å². The molecule has 1 aromatic carbocycles. The topological polar surface area (TPSA) is 71.2 Å². The zero-order valence-electron chi connectivity index (χ0n) is 17.4. The predicted molar refractivity (Wildman–Crippen MR) is 114 cm³/mol. The van der Waals surface area contributed by atoms with Crippen LogP contribution >= 0.6 is 0 Å². The highest BCUT2D eigenvalue weighted by molar-refractivity contribution is 6.08. The second-order valence-electron chi connectivity index (χ2n) is 8.17. The standard InChI is InChI=1S/C23H28N4O2/c1-15-5-4-8-26(13-15)23(29)20-11-21(18-12-24-27(14-18)9-10-28)25-22-17(3)16(2)6-7-19(20)22/h6-7,11-12,14-15,28H,4-5,8-10,13H2,1-3H3/t15-/m0/s1. The van der Waals surface area contributed by atoms with Gasteiger partial charge in [0, 0.05) is 30.2 Å². The van der Waals surface area contributed by atoms with Crippen molar-refractivity contribution in [2.24, 2.45) is 5.92 Å². The van der Waals surface area contributed by atoms with Crippen LogP contribution in [-0.4, -0.2) is 50.4 Å². The molecule has 0 bridgehead atoms. The minimum atomic E-state index is 0.0292. The van der Waals surface area contributed by atoms with E-state index in [4.69, 9.17) is 10.1 Å². The van der Waals surface area contributed by atoms with Crippen molar-refractivity contribution in [1.82, 2.24) is 19.7 Å². The minimum Gasteiger partial charge on any atom is -0.394 e. The van der Waals surface area contributed by atoms with Crippen LogP contribution in [0.3, 0.4) is 0 Å². The molecule has 4 rings (SSSR count). The third kappa shape index (κ3) is 3.77. The van der Waals surface area contributed by atoms with Crippen LogP contribution in [0.1, 0.15) is 41.3 Å². The number of nitrogens with zero attached hydrogens (tertiary/aromatic N) is 4. The number of carbonyl (C=O) groups is 1. The van der Waals surface area contributed by atoms with E-state index in [0.717, 1.165) is 52.8 Å². The summed E-state index contributed by atoms with van der Waals surface area (Å²) in [4.78, 5) is 20.4. The highest BCUT2D eigenvalue weighted by atomic mass is 16.3. The summed E-state index contributed by atoms with van der Waals surface area (Å²) in [6.07, 6.45) is 5.84. The Balaban J connectivity index is 1.85. The summed E-state index contributed by atoms with van der Waals surface area (Å²) < 4.78 is 1.69. The van der Waals surface area contributed by atoms with Crippen molar-refractivity contribution < 1.29 is 9.90 Å². The lowest BCUT2D eigenvalue weighted by molar-refractivity contribution is 0.0685. The molecule has 6 nitrogen and oxygen atoms in total. The summed E-state index contributed by atoms with van der Waals surface area (Å²) in [5.74, 6) is 0.608. The summed E-state index contributed by atoms with van der Waals surface area (Å²) in [6.45, 7) is 8.40. The first kappa shape index (κ1) is 19.6. The lowest BCUT2D eigenvalue weighted by Gasteiger charge is -2.31. The SMILES string of the molecule is Cc1ccc2c(C(=O)N3CCC[C@H](C)C3)cc(-c3cnn(CCO)c3)nc2c1C. The first-order chi connectivity index (χ1) is 14.0. The number of likely N-dealkylation sites (tertiary alicyclic amines) is 1. The number of aromatic nitrogens is 3. The molecule has 1 atom stereocenters. The van der Waals surface area contributed by atoms with E-state index in [0.29, 0.717) is 18.0 Å². The van der Waals surface area contributed by atoms with Crippen LogP contribution in [0.4, 0.5) is 0 Å². The number of aliphatic hydroxyl groups is 1. The van der Waals surface area contributed by atoms with E-state index in [1.165, 1.54) is 6.42 Å². The number of aryl methyl sites for hydroxylation is 2. The molecule has 3 aromatic rings. The second kappa shape index (κ2) is 7.95. The molecule has 1 N–H and O–H groups in total. The molecule has 0 saturated carbocycles. The molecule has 152 valence electrons. The summed E-state index contributed by atoms with van der Waals surface area (Å²) in [6, 6.07) is 5.98. The normalized spacial score (nSPS) is 17.1. The molecule has 1 fully saturated rings. The average molecular weight is 393 g/mol. The van der Waals surface area contributed by atoms with E-state index in [2.05, 4.69) is 31.9 Å². The Hall–Kier alpha value is -2.73. The van der Waals surface area contributed by atoms with Crippen LogP contribution in [-0.2, 0) is 6.54 Å². The number of benzene rings is 1. The van der Waals surface area contributed by atoms with Gasteiger partial charge in [-0.1, -0.05) is 19.1 Å². The maximum atomic E-state index is 13.5. The Kier molecular flexibility index (Phi) is 5.37. The number of carbonyl (C=O) groups excluding carboxylic acids is 1. The number of pyridine rings is 1. The summed E-state index contributed by atoms with van der Waals surface area (Å²) in [5, 5.41) is 14.4. The molecule has 0 spiro atoms. The van der Waals surface area contributed by atoms with Gasteiger partial charge in [-0.2, -0.15) is 5.10 Å². The molecule has 1 aliphatic rings. The Morgan fingerprint density at radius 1 is 1.31 bits per heavy atom. The van der Waals surface area contributed by atoms with Crippen molar-refractivity contribution >= 4 is 16.8 Å². The van der Waals surface area contributed by atoms with Gasteiger partial charge < -0.3 is 10.0 Å². The highest BCUT2D eigenvalue weighted by Crippen LogP contribution is 2.30. The Labute approximate surface area is 171 Å². The molecular formula is C23H28N4O2. The van der Waals surface area contributed by atoms with Crippen LogP contribution in [0, 0.1) is 19.8 Å². The summed E-state index contributed by atoms with van der Waals surface area (Å²) in [7, 11) is 0. The van der Waals surface area contributed by atoms with Gasteiger partial charge in [-0.15, -0.1) is 0 Å². The third-order valence-corrected chi connectivity index (χ3v) is 5.94. The van der Waals surface area contributed by atoms with Gasteiger partial charge in [0.2, 0.25) is 0 Å². The third-order valence-electron chi connectivity index (χ3n) is 5.94. The smallest absolute Gasteiger partial charge is 0.254 e. The summed E-state index contributed by atoms with van der Waals surface area (Å²) >= 11 is 0. The van der Waals surface area contributed by atoms with Crippen LogP contribution in [0.25, 0.3) is 22.2 Å². The molecule has 1 amide bonds. The van der Waals surface area contributed by atoms with Gasteiger partial charge in [-0.3, -0.25) is 9.48 Å². The van der Waals surface area contributed by atoms with Crippen LogP contribution in [0.5, 0.6) is 0 Å². The number of aliphatic hydroxyl groups excluding tert-OH is 1. The molecule has 6 heteroatoms. The van der Waals surface area contributed by atoms with Crippen LogP contribution in [0.15, 0.2) is 30.6 Å². The minimum absolute atomic E-state index is 0.0292. The van der Waals surface area contributed by atoms with E-state index in [-0.39, 0.29) is 12.5 Å². The maximum absolute atomic E-state index is 13.5. The molecular weight excluding hydrogens is 364 g/mol. The number of piperidine rings is 1. The first-order valence-electron chi connectivity index (χ1n) is 10.3. The van der Waals surface area contributed by atoms with Crippen molar-refractivity contribution in [2.75, 3.05) is 19.7 Å². The molecule has 0 unspecified atom stereocenters. The molecule has 29 heavy (non-hydrogen) atoms. The number of fused-ring (bicyclic) bond motifs is 1. The number of hydrogen-bond donors (Lipinski definition) is 1. The Bertz CT molecular complexity index is 1060. The molecule has 2 aromatic heterocycles. The van der Waals surface area contributed by atoms with Gasteiger partial charge in [-0.25, -0.2) is 4.98 Å². The van der Waals surface area contributed by atoms with E-state index < -0.39 is 0 Å². The number of hydrogen-bond acceptors (Lipinski definition) is 4. The Morgan fingerprint density at radius 3 is 2.90 bits per heavy atom. The molecule has 0 radical (unpaired) electrons. The van der Waals surface area contributed by atoms with Crippen LogP contribution in [0.2, 0.25) is 0 Å². The molecule has 3 heterocycles. The quantitative estimate of drug-likeness (QED) is 0.737. The zero-order valence-corrected chi connectivity index (χ0v) is 17.4. The number of amides is 1. The van der Waals surface area contributed by atoms with Gasteiger partial charge in [0.15, 0.2) is 0 Å². The van der Waals surface area contributed by atoms with E-state index in [9.17, 15) is 4.79 Å². The van der Waals surface area contributed by atoms with Crippen molar-refractivity contribution in [2.45, 2.75) is 40.2 Å². The fourth-order valence-corrected chi connectivity index (χ4v) is 4.12. The maximum Gasteiger partial charge on any atom is 0.254 e. The lowest BCUT2D eigenvalue weighted by atomic mass is 9.96. The first-order valence-corrected chi connectivity index (χ1v) is 10.3. The molecule has 1 saturated heterocycles. The van der Waals surface area contributed by atoms with Crippen molar-refractivity contribution in [1.29, 1.82) is 0 Å². The fourth-order valence-electron chi connectivity index (χ4n) is 4.12. The monoisotopic (exact) mass is 392 g/mol. The molecule has 1 aliphatic heterocycles. The van der Waals surface area contributed by atoms with Crippen molar-refractivity contribution in [3.8, 4) is 11.3 Å². The van der Waals surface area contributed by atoms with Gasteiger partial charge >= 0.3 is 0 Å². The largest absolute Gasteiger partial charge is 0.394 e. The van der Waals surface area contributed by atoms with Gasteiger partial charge in [0.05, 0.1) is 36.1 Å². The summed E-state index contributed by atoms with van der Waals surface area (Å²) in [5.41, 5.74) is 5.41. The van der Waals surface area contributed by atoms with E-state index in [1.807, 2.05) is 23.2 Å². The van der Waals surface area contributed by atoms with E-state index in [1.54, 1.807) is 10.9 Å². The Morgan fingerprint density at radius 2 is 2.14 bits per heavy atom. The fraction of sp³-hybridized carbons (Fsp3) is 0.435. The molecule has 0 aliphatic carbocycles. The zero-order chi connectivity index (χ0) is 20.5. The second-order valence-corrected chi connectivity index (χ2v) is 8.17. The van der Waals surface area contributed by atoms with Gasteiger partial charge in [-0.05, 0) is 49.8 Å². The average Bonchev–Trinajstić information content (AvgIpc) is 3.18. The lowest BCUT2D eigenvalue weighted by Crippen LogP contribution is -2.39. The van der Waals surface area contributed by atoms with E-state index >= 15 is 0 Å². The number of rotatable bonds is 4. The van der Waals surface area contributed by atoms with Crippen molar-refractivity contribution in [3.63, 3.8) is 0 Å².